The zero-order chi connectivity index (χ0) is 13.8. The largest absolute Gasteiger partial charge is 0.494 e. The van der Waals surface area contributed by atoms with E-state index in [1.165, 1.54) is 7.11 Å². The van der Waals surface area contributed by atoms with E-state index >= 15 is 0 Å². The van der Waals surface area contributed by atoms with Gasteiger partial charge in [0.2, 0.25) is 0 Å². The molecule has 0 aliphatic carbocycles. The number of aryl methyl sites for hydroxylation is 1. The number of aliphatic hydroxyl groups excluding tert-OH is 1. The molecule has 1 aromatic rings. The summed E-state index contributed by atoms with van der Waals surface area (Å²) in [6.45, 7) is 1.87. The lowest BCUT2D eigenvalue weighted by molar-refractivity contribution is 0.208. The SMILES string of the molecule is COc1c(C)cccc1NCC(O)CS(=O)(=O)O. The van der Waals surface area contributed by atoms with Crippen molar-refractivity contribution in [3.05, 3.63) is 23.8 Å². The highest BCUT2D eigenvalue weighted by molar-refractivity contribution is 7.85. The Balaban J connectivity index is 2.66. The zero-order valence-corrected chi connectivity index (χ0v) is 11.1. The Morgan fingerprint density at radius 1 is 1.44 bits per heavy atom. The average Bonchev–Trinajstić information content (AvgIpc) is 2.24. The van der Waals surface area contributed by atoms with Crippen LogP contribution in [0.2, 0.25) is 0 Å². The number of para-hydroxylation sites is 1. The van der Waals surface area contributed by atoms with Crippen molar-refractivity contribution in [1.29, 1.82) is 0 Å². The second-order valence-corrected chi connectivity index (χ2v) is 5.44. The summed E-state index contributed by atoms with van der Waals surface area (Å²) in [5, 5.41) is 12.3. The molecule has 1 unspecified atom stereocenters. The topological polar surface area (TPSA) is 95.9 Å². The van der Waals surface area contributed by atoms with Gasteiger partial charge in [-0.25, -0.2) is 0 Å². The zero-order valence-electron chi connectivity index (χ0n) is 10.3. The minimum Gasteiger partial charge on any atom is -0.494 e. The molecule has 0 aliphatic rings. The molecular weight excluding hydrogens is 258 g/mol. The van der Waals surface area contributed by atoms with Gasteiger partial charge in [-0.1, -0.05) is 12.1 Å². The number of ether oxygens (including phenoxy) is 1. The second-order valence-electron chi connectivity index (χ2n) is 3.94. The summed E-state index contributed by atoms with van der Waals surface area (Å²) < 4.78 is 34.9. The van der Waals surface area contributed by atoms with E-state index in [0.717, 1.165) is 5.56 Å². The monoisotopic (exact) mass is 275 g/mol. The van der Waals surface area contributed by atoms with Crippen molar-refractivity contribution in [3.8, 4) is 5.75 Å². The number of methoxy groups -OCH3 is 1. The Bertz CT molecular complexity index is 500. The number of nitrogens with one attached hydrogen (secondary N) is 1. The first-order chi connectivity index (χ1) is 8.33. The van der Waals surface area contributed by atoms with Gasteiger partial charge in [0.25, 0.3) is 10.1 Å². The Morgan fingerprint density at radius 2 is 2.11 bits per heavy atom. The molecule has 1 rings (SSSR count). The Kier molecular flexibility index (Phi) is 4.94. The number of anilines is 1. The van der Waals surface area contributed by atoms with Gasteiger partial charge >= 0.3 is 0 Å². The highest BCUT2D eigenvalue weighted by Gasteiger charge is 2.14. The minimum atomic E-state index is -4.17. The van der Waals surface area contributed by atoms with Gasteiger partial charge in [-0.3, -0.25) is 4.55 Å². The highest BCUT2D eigenvalue weighted by Crippen LogP contribution is 2.27. The number of rotatable bonds is 6. The summed E-state index contributed by atoms with van der Waals surface area (Å²) in [6.07, 6.45) is -1.19. The third kappa shape index (κ3) is 4.52. The molecule has 102 valence electrons. The first kappa shape index (κ1) is 14.7. The van der Waals surface area contributed by atoms with E-state index in [4.69, 9.17) is 9.29 Å². The Morgan fingerprint density at radius 3 is 2.67 bits per heavy atom. The Labute approximate surface area is 106 Å². The van der Waals surface area contributed by atoms with Crippen molar-refractivity contribution < 1.29 is 22.8 Å². The van der Waals surface area contributed by atoms with Crippen molar-refractivity contribution in [1.82, 2.24) is 0 Å². The van der Waals surface area contributed by atoms with Gasteiger partial charge in [-0.15, -0.1) is 0 Å². The molecule has 0 bridgehead atoms. The van der Waals surface area contributed by atoms with Gasteiger partial charge in [0, 0.05) is 6.54 Å². The van der Waals surface area contributed by atoms with Crippen LogP contribution < -0.4 is 10.1 Å². The fraction of sp³-hybridized carbons (Fsp3) is 0.455. The van der Waals surface area contributed by atoms with E-state index in [9.17, 15) is 13.5 Å². The van der Waals surface area contributed by atoms with E-state index in [1.807, 2.05) is 19.1 Å². The van der Waals surface area contributed by atoms with Gasteiger partial charge in [-0.05, 0) is 18.6 Å². The molecule has 0 spiro atoms. The number of aliphatic hydroxyl groups is 1. The lowest BCUT2D eigenvalue weighted by atomic mass is 10.2. The van der Waals surface area contributed by atoms with E-state index in [1.54, 1.807) is 6.07 Å². The average molecular weight is 275 g/mol. The summed E-state index contributed by atoms with van der Waals surface area (Å²) in [6, 6.07) is 5.44. The van der Waals surface area contributed by atoms with Crippen molar-refractivity contribution in [2.75, 3.05) is 24.7 Å². The first-order valence-electron chi connectivity index (χ1n) is 5.34. The van der Waals surface area contributed by atoms with E-state index in [-0.39, 0.29) is 6.54 Å². The summed E-state index contributed by atoms with van der Waals surface area (Å²) in [5.74, 6) is -0.0646. The summed E-state index contributed by atoms with van der Waals surface area (Å²) >= 11 is 0. The molecule has 0 aromatic heterocycles. The molecule has 1 aromatic carbocycles. The van der Waals surface area contributed by atoms with Crippen LogP contribution in [0.5, 0.6) is 5.75 Å². The molecule has 3 N–H and O–H groups in total. The molecule has 0 fully saturated rings. The van der Waals surface area contributed by atoms with E-state index in [2.05, 4.69) is 5.32 Å². The maximum Gasteiger partial charge on any atom is 0.267 e. The molecule has 0 radical (unpaired) electrons. The van der Waals surface area contributed by atoms with Crippen LogP contribution in [0.25, 0.3) is 0 Å². The van der Waals surface area contributed by atoms with Crippen LogP contribution in [0.15, 0.2) is 18.2 Å². The lowest BCUT2D eigenvalue weighted by Crippen LogP contribution is -2.27. The van der Waals surface area contributed by atoms with Crippen LogP contribution in [0.3, 0.4) is 0 Å². The van der Waals surface area contributed by atoms with Gasteiger partial charge < -0.3 is 15.2 Å². The van der Waals surface area contributed by atoms with Crippen molar-refractivity contribution in [2.24, 2.45) is 0 Å². The molecule has 0 saturated heterocycles. The van der Waals surface area contributed by atoms with Crippen LogP contribution in [-0.4, -0.2) is 43.6 Å². The van der Waals surface area contributed by atoms with Crippen LogP contribution in [-0.2, 0) is 10.1 Å². The fourth-order valence-corrected chi connectivity index (χ4v) is 2.20. The number of benzene rings is 1. The van der Waals surface area contributed by atoms with Crippen molar-refractivity contribution >= 4 is 15.8 Å². The predicted molar refractivity (Wildman–Crippen MR) is 68.6 cm³/mol. The lowest BCUT2D eigenvalue weighted by Gasteiger charge is -2.15. The maximum atomic E-state index is 10.6. The van der Waals surface area contributed by atoms with Gasteiger partial charge in [0.15, 0.2) is 0 Å². The molecule has 6 nitrogen and oxygen atoms in total. The molecular formula is C11H17NO5S. The molecule has 0 saturated carbocycles. The van der Waals surface area contributed by atoms with Crippen molar-refractivity contribution in [3.63, 3.8) is 0 Å². The van der Waals surface area contributed by atoms with Crippen LogP contribution in [0.4, 0.5) is 5.69 Å². The van der Waals surface area contributed by atoms with Crippen LogP contribution >= 0.6 is 0 Å². The van der Waals surface area contributed by atoms with Gasteiger partial charge in [0.05, 0.1) is 18.9 Å². The molecule has 18 heavy (non-hydrogen) atoms. The summed E-state index contributed by atoms with van der Waals surface area (Å²) in [4.78, 5) is 0. The molecule has 0 aliphatic heterocycles. The molecule has 0 amide bonds. The van der Waals surface area contributed by atoms with Crippen LogP contribution in [0, 0.1) is 6.92 Å². The quantitative estimate of drug-likeness (QED) is 0.660. The standard InChI is InChI=1S/C11H17NO5S/c1-8-4-3-5-10(11(8)17-2)12-6-9(13)7-18(14,15)16/h3-5,9,12-13H,6-7H2,1-2H3,(H,14,15,16). The predicted octanol–water partition coefficient (Wildman–Crippen LogP) is 0.664. The van der Waals surface area contributed by atoms with Crippen LogP contribution in [0.1, 0.15) is 5.56 Å². The third-order valence-corrected chi connectivity index (χ3v) is 3.15. The van der Waals surface area contributed by atoms with Gasteiger partial charge in [0.1, 0.15) is 11.5 Å². The first-order valence-corrected chi connectivity index (χ1v) is 6.95. The number of hydrogen-bond donors (Lipinski definition) is 3. The smallest absolute Gasteiger partial charge is 0.267 e. The second kappa shape index (κ2) is 6.03. The third-order valence-electron chi connectivity index (χ3n) is 2.35. The molecule has 0 heterocycles. The Hall–Kier alpha value is -1.31. The molecule has 7 heteroatoms. The normalized spacial score (nSPS) is 13.1. The highest BCUT2D eigenvalue weighted by atomic mass is 32.2. The number of hydrogen-bond acceptors (Lipinski definition) is 5. The summed E-state index contributed by atoms with van der Waals surface area (Å²) in [7, 11) is -2.64. The van der Waals surface area contributed by atoms with E-state index in [0.29, 0.717) is 11.4 Å². The van der Waals surface area contributed by atoms with E-state index < -0.39 is 22.0 Å². The molecule has 1 atom stereocenters. The van der Waals surface area contributed by atoms with Crippen molar-refractivity contribution in [2.45, 2.75) is 13.0 Å². The minimum absolute atomic E-state index is 0.000394. The summed E-state index contributed by atoms with van der Waals surface area (Å²) in [5.41, 5.74) is 1.58. The van der Waals surface area contributed by atoms with Gasteiger partial charge in [-0.2, -0.15) is 8.42 Å². The fourth-order valence-electron chi connectivity index (χ4n) is 1.59. The maximum absolute atomic E-state index is 10.6.